The first kappa shape index (κ1) is 21.6. The van der Waals surface area contributed by atoms with Crippen molar-refractivity contribution in [1.82, 2.24) is 15.0 Å². The average molecular weight is 450 g/mol. The number of aliphatic hydroxyl groups is 3. The van der Waals surface area contributed by atoms with Crippen LogP contribution in [0.1, 0.15) is 13.3 Å². The van der Waals surface area contributed by atoms with Gasteiger partial charge in [-0.1, -0.05) is 11.6 Å². The van der Waals surface area contributed by atoms with Crippen LogP contribution in [0.2, 0.25) is 5.15 Å². The van der Waals surface area contributed by atoms with E-state index in [1.165, 1.54) is 7.11 Å². The predicted octanol–water partition coefficient (Wildman–Crippen LogP) is 1.89. The zero-order valence-corrected chi connectivity index (χ0v) is 17.8. The summed E-state index contributed by atoms with van der Waals surface area (Å²) in [6.45, 7) is 2.26. The van der Waals surface area contributed by atoms with E-state index in [9.17, 15) is 15.3 Å². The second kappa shape index (κ2) is 8.83. The highest BCUT2D eigenvalue weighted by molar-refractivity contribution is 6.32. The van der Waals surface area contributed by atoms with Gasteiger partial charge < -0.3 is 35.1 Å². The van der Waals surface area contributed by atoms with Gasteiger partial charge in [-0.25, -0.2) is 9.97 Å². The first-order valence-corrected chi connectivity index (χ1v) is 10.3. The van der Waals surface area contributed by atoms with Crippen molar-refractivity contribution in [3.8, 4) is 17.2 Å². The molecule has 1 fully saturated rings. The van der Waals surface area contributed by atoms with Gasteiger partial charge in [0.05, 0.1) is 31.0 Å². The van der Waals surface area contributed by atoms with Crippen LogP contribution in [0.15, 0.2) is 22.7 Å². The number of hydrogen-bond donors (Lipinski definition) is 5. The van der Waals surface area contributed by atoms with E-state index >= 15 is 0 Å². The number of aliphatic hydroxyl groups excluding tert-OH is 3. The molecule has 11 heteroatoms. The number of aromatic nitrogens is 3. The first-order valence-electron chi connectivity index (χ1n) is 9.94. The Morgan fingerprint density at radius 2 is 2.06 bits per heavy atom. The van der Waals surface area contributed by atoms with Crippen LogP contribution in [-0.2, 0) is 0 Å². The Kier molecular flexibility index (Phi) is 6.15. The maximum absolute atomic E-state index is 10.4. The molecule has 4 atom stereocenters. The lowest BCUT2D eigenvalue weighted by Gasteiger charge is -2.20. The SMILES string of the molecule is CCNc1nc(Cl)c(-c2cc3cc(OC)ncc3o2)c(N[C@@H]2C[C@H](CO)[C@@H](O)[C@H]2O)n1. The molecule has 0 aromatic carbocycles. The summed E-state index contributed by atoms with van der Waals surface area (Å²) in [5.41, 5.74) is 0.942. The number of nitrogens with one attached hydrogen (secondary N) is 2. The first-order chi connectivity index (χ1) is 14.9. The second-order valence-corrected chi connectivity index (χ2v) is 7.74. The largest absolute Gasteiger partial charge is 0.481 e. The van der Waals surface area contributed by atoms with Crippen molar-refractivity contribution < 1.29 is 24.5 Å². The molecule has 0 bridgehead atoms. The van der Waals surface area contributed by atoms with E-state index in [1.54, 1.807) is 18.3 Å². The fraction of sp³-hybridized carbons (Fsp3) is 0.450. The normalized spacial score (nSPS) is 23.3. The van der Waals surface area contributed by atoms with E-state index in [-0.39, 0.29) is 11.8 Å². The lowest BCUT2D eigenvalue weighted by Crippen LogP contribution is -2.35. The fourth-order valence-electron chi connectivity index (χ4n) is 3.78. The Morgan fingerprint density at radius 1 is 1.26 bits per heavy atom. The number of methoxy groups -OCH3 is 1. The topological polar surface area (TPSA) is 146 Å². The Morgan fingerprint density at radius 3 is 2.74 bits per heavy atom. The number of nitrogens with zero attached hydrogens (tertiary/aromatic N) is 3. The molecule has 3 heterocycles. The van der Waals surface area contributed by atoms with Gasteiger partial charge in [0.2, 0.25) is 11.8 Å². The molecule has 0 unspecified atom stereocenters. The summed E-state index contributed by atoms with van der Waals surface area (Å²) in [4.78, 5) is 12.9. The summed E-state index contributed by atoms with van der Waals surface area (Å²) < 4.78 is 11.1. The van der Waals surface area contributed by atoms with Crippen LogP contribution in [-0.4, -0.2) is 68.8 Å². The minimum absolute atomic E-state index is 0.152. The van der Waals surface area contributed by atoms with E-state index in [1.807, 2.05) is 6.92 Å². The fourth-order valence-corrected chi connectivity index (χ4v) is 4.04. The van der Waals surface area contributed by atoms with Gasteiger partial charge in [-0.15, -0.1) is 0 Å². The molecular formula is C20H24ClN5O5. The number of rotatable bonds is 7. The lowest BCUT2D eigenvalue weighted by atomic mass is 10.1. The van der Waals surface area contributed by atoms with Crippen LogP contribution >= 0.6 is 11.6 Å². The van der Waals surface area contributed by atoms with Crippen molar-refractivity contribution in [3.63, 3.8) is 0 Å². The number of fused-ring (bicyclic) bond motifs is 1. The van der Waals surface area contributed by atoms with E-state index in [2.05, 4.69) is 25.6 Å². The zero-order chi connectivity index (χ0) is 22.1. The minimum atomic E-state index is -1.08. The molecule has 166 valence electrons. The summed E-state index contributed by atoms with van der Waals surface area (Å²) in [5, 5.41) is 37.2. The number of hydrogen-bond acceptors (Lipinski definition) is 10. The molecule has 31 heavy (non-hydrogen) atoms. The Balaban J connectivity index is 1.77. The quantitative estimate of drug-likeness (QED) is 0.339. The van der Waals surface area contributed by atoms with Gasteiger partial charge >= 0.3 is 0 Å². The van der Waals surface area contributed by atoms with E-state index in [0.29, 0.717) is 47.5 Å². The van der Waals surface area contributed by atoms with Crippen LogP contribution in [0.25, 0.3) is 22.3 Å². The van der Waals surface area contributed by atoms with Gasteiger partial charge in [-0.05, 0) is 19.4 Å². The third kappa shape index (κ3) is 4.11. The molecule has 10 nitrogen and oxygen atoms in total. The monoisotopic (exact) mass is 449 g/mol. The third-order valence-corrected chi connectivity index (χ3v) is 5.67. The van der Waals surface area contributed by atoms with Crippen LogP contribution in [0.5, 0.6) is 5.88 Å². The molecule has 3 aromatic heterocycles. The molecule has 1 saturated carbocycles. The van der Waals surface area contributed by atoms with Crippen molar-refractivity contribution in [2.75, 3.05) is 30.9 Å². The van der Waals surface area contributed by atoms with Crippen LogP contribution in [0, 0.1) is 5.92 Å². The number of halogens is 1. The van der Waals surface area contributed by atoms with E-state index in [4.69, 9.17) is 20.8 Å². The second-order valence-electron chi connectivity index (χ2n) is 7.38. The van der Waals surface area contributed by atoms with Crippen molar-refractivity contribution in [2.45, 2.75) is 31.6 Å². The molecule has 0 radical (unpaired) electrons. The van der Waals surface area contributed by atoms with Gasteiger partial charge in [0.1, 0.15) is 22.8 Å². The number of anilines is 2. The van der Waals surface area contributed by atoms with Crippen LogP contribution in [0.4, 0.5) is 11.8 Å². The van der Waals surface area contributed by atoms with Gasteiger partial charge in [-0.3, -0.25) is 0 Å². The number of ether oxygens (including phenoxy) is 1. The van der Waals surface area contributed by atoms with Crippen LogP contribution < -0.4 is 15.4 Å². The number of furan rings is 1. The Bertz CT molecular complexity index is 1080. The summed E-state index contributed by atoms with van der Waals surface area (Å²) in [6, 6.07) is 2.97. The molecule has 5 N–H and O–H groups in total. The molecule has 0 saturated heterocycles. The van der Waals surface area contributed by atoms with E-state index < -0.39 is 24.2 Å². The molecule has 1 aliphatic carbocycles. The third-order valence-electron chi connectivity index (χ3n) is 5.39. The molecule has 0 spiro atoms. The van der Waals surface area contributed by atoms with Crippen molar-refractivity contribution in [1.29, 1.82) is 0 Å². The number of pyridine rings is 1. The lowest BCUT2D eigenvalue weighted by molar-refractivity contribution is 0.00446. The predicted molar refractivity (Wildman–Crippen MR) is 115 cm³/mol. The summed E-state index contributed by atoms with van der Waals surface area (Å²) in [7, 11) is 1.53. The Labute approximate surface area is 183 Å². The summed E-state index contributed by atoms with van der Waals surface area (Å²) in [5.74, 6) is 1.06. The Hall–Kier alpha value is -2.66. The summed E-state index contributed by atoms with van der Waals surface area (Å²) >= 11 is 6.51. The average Bonchev–Trinajstić information content (AvgIpc) is 3.29. The molecule has 1 aliphatic rings. The van der Waals surface area contributed by atoms with Crippen molar-refractivity contribution >= 4 is 34.3 Å². The minimum Gasteiger partial charge on any atom is -0.481 e. The zero-order valence-electron chi connectivity index (χ0n) is 17.0. The molecule has 4 rings (SSSR count). The summed E-state index contributed by atoms with van der Waals surface area (Å²) in [6.07, 6.45) is -0.209. The van der Waals surface area contributed by atoms with Crippen LogP contribution in [0.3, 0.4) is 0 Å². The smallest absolute Gasteiger partial charge is 0.226 e. The highest BCUT2D eigenvalue weighted by Crippen LogP contribution is 2.39. The van der Waals surface area contributed by atoms with Crippen molar-refractivity contribution in [2.24, 2.45) is 5.92 Å². The maximum Gasteiger partial charge on any atom is 0.226 e. The highest BCUT2D eigenvalue weighted by atomic mass is 35.5. The van der Waals surface area contributed by atoms with Gasteiger partial charge in [0, 0.05) is 30.5 Å². The highest BCUT2D eigenvalue weighted by Gasteiger charge is 2.41. The standard InChI is InChI=1S/C20H24ClN5O5/c1-3-22-20-25-18(21)15(12-5-9-6-14(30-2)23-7-13(9)31-12)19(26-20)24-11-4-10(8-27)16(28)17(11)29/h5-7,10-11,16-17,27-29H,3-4,8H2,1-2H3,(H2,22,24,25,26)/t10-,11-,16-,17+/m1/s1. The van der Waals surface area contributed by atoms with Gasteiger partial charge in [-0.2, -0.15) is 4.98 Å². The molecule has 0 amide bonds. The molecular weight excluding hydrogens is 426 g/mol. The van der Waals surface area contributed by atoms with Crippen molar-refractivity contribution in [3.05, 3.63) is 23.5 Å². The maximum atomic E-state index is 10.4. The molecule has 3 aromatic rings. The molecule has 0 aliphatic heterocycles. The van der Waals surface area contributed by atoms with E-state index in [0.717, 1.165) is 5.39 Å². The van der Waals surface area contributed by atoms with Gasteiger partial charge in [0.15, 0.2) is 5.58 Å². The van der Waals surface area contributed by atoms with Gasteiger partial charge in [0.25, 0.3) is 0 Å².